The van der Waals surface area contributed by atoms with E-state index in [1.807, 2.05) is 0 Å². The summed E-state index contributed by atoms with van der Waals surface area (Å²) in [6, 6.07) is 11.5. The van der Waals surface area contributed by atoms with E-state index in [0.717, 1.165) is 39.4 Å². The van der Waals surface area contributed by atoms with Crippen molar-refractivity contribution < 1.29 is 4.74 Å². The van der Waals surface area contributed by atoms with Crippen molar-refractivity contribution in [2.24, 2.45) is 0 Å². The van der Waals surface area contributed by atoms with Crippen LogP contribution in [0.25, 0.3) is 0 Å². The summed E-state index contributed by atoms with van der Waals surface area (Å²) in [5.74, 6) is 0. The van der Waals surface area contributed by atoms with Crippen LogP contribution in [0, 0.1) is 0 Å². The van der Waals surface area contributed by atoms with E-state index < -0.39 is 0 Å². The second-order valence-corrected chi connectivity index (χ2v) is 6.19. The van der Waals surface area contributed by atoms with Crippen LogP contribution in [0.5, 0.6) is 0 Å². The van der Waals surface area contributed by atoms with Gasteiger partial charge in [-0.1, -0.05) is 18.2 Å². The van der Waals surface area contributed by atoms with E-state index in [4.69, 9.17) is 4.74 Å². The average molecular weight is 289 g/mol. The first-order chi connectivity index (χ1) is 10.3. The fourth-order valence-corrected chi connectivity index (χ4v) is 3.37. The van der Waals surface area contributed by atoms with E-state index in [1.165, 1.54) is 25.2 Å². The molecule has 0 N–H and O–H groups in total. The normalized spacial score (nSPS) is 25.2. The molecule has 1 aromatic rings. The van der Waals surface area contributed by atoms with Crippen molar-refractivity contribution in [3.05, 3.63) is 30.3 Å². The molecule has 1 atom stereocenters. The van der Waals surface area contributed by atoms with Gasteiger partial charge in [0.25, 0.3) is 0 Å². The first-order valence-electron chi connectivity index (χ1n) is 8.13. The quantitative estimate of drug-likeness (QED) is 0.837. The third-order valence-electron chi connectivity index (χ3n) is 4.66. The lowest BCUT2D eigenvalue weighted by Gasteiger charge is -2.42. The van der Waals surface area contributed by atoms with Gasteiger partial charge >= 0.3 is 0 Å². The van der Waals surface area contributed by atoms with Gasteiger partial charge in [-0.05, 0) is 25.6 Å². The molecule has 116 valence electrons. The molecule has 4 nitrogen and oxygen atoms in total. The Hall–Kier alpha value is -1.10. The van der Waals surface area contributed by atoms with Crippen LogP contribution in [-0.4, -0.2) is 75.4 Å². The topological polar surface area (TPSA) is 19.0 Å². The van der Waals surface area contributed by atoms with Crippen molar-refractivity contribution in [3.63, 3.8) is 0 Å². The Bertz CT molecular complexity index is 419. The first kappa shape index (κ1) is 14.8. The van der Waals surface area contributed by atoms with Gasteiger partial charge in [0.15, 0.2) is 0 Å². The van der Waals surface area contributed by atoms with Gasteiger partial charge in [-0.15, -0.1) is 0 Å². The molecular weight excluding hydrogens is 262 g/mol. The lowest BCUT2D eigenvalue weighted by molar-refractivity contribution is 0.0357. The van der Waals surface area contributed by atoms with Crippen LogP contribution >= 0.6 is 0 Å². The van der Waals surface area contributed by atoms with Gasteiger partial charge in [0.1, 0.15) is 0 Å². The number of anilines is 1. The van der Waals surface area contributed by atoms with Gasteiger partial charge in [0, 0.05) is 51.0 Å². The van der Waals surface area contributed by atoms with Crippen molar-refractivity contribution in [1.29, 1.82) is 0 Å². The van der Waals surface area contributed by atoms with Crippen LogP contribution in [-0.2, 0) is 4.74 Å². The van der Waals surface area contributed by atoms with Gasteiger partial charge in [-0.2, -0.15) is 0 Å². The van der Waals surface area contributed by atoms with Crippen LogP contribution in [0.4, 0.5) is 5.69 Å². The number of hydrogen-bond acceptors (Lipinski definition) is 4. The van der Waals surface area contributed by atoms with Crippen molar-refractivity contribution in [3.8, 4) is 0 Å². The lowest BCUT2D eigenvalue weighted by atomic mass is 10.1. The number of piperazine rings is 1. The highest BCUT2D eigenvalue weighted by Crippen LogP contribution is 2.22. The van der Waals surface area contributed by atoms with E-state index >= 15 is 0 Å². The van der Waals surface area contributed by atoms with E-state index in [9.17, 15) is 0 Å². The van der Waals surface area contributed by atoms with Crippen molar-refractivity contribution in [1.82, 2.24) is 9.80 Å². The van der Waals surface area contributed by atoms with E-state index in [-0.39, 0.29) is 0 Å². The van der Waals surface area contributed by atoms with Gasteiger partial charge in [0.05, 0.1) is 13.2 Å². The number of hydrogen-bond donors (Lipinski definition) is 0. The SMILES string of the molecule is CN1CCN(c2ccccc2)C(CCN2CCOCC2)C1. The summed E-state index contributed by atoms with van der Waals surface area (Å²) in [6.45, 7) is 8.61. The molecule has 0 aromatic heterocycles. The minimum absolute atomic E-state index is 0.619. The summed E-state index contributed by atoms with van der Waals surface area (Å²) in [6.07, 6.45) is 1.24. The van der Waals surface area contributed by atoms with Crippen molar-refractivity contribution in [2.45, 2.75) is 12.5 Å². The van der Waals surface area contributed by atoms with Crippen LogP contribution in [0.3, 0.4) is 0 Å². The molecule has 2 aliphatic rings. The molecule has 0 amide bonds. The molecular formula is C17H27N3O. The summed E-state index contributed by atoms with van der Waals surface area (Å²) in [4.78, 5) is 7.60. The summed E-state index contributed by atoms with van der Waals surface area (Å²) < 4.78 is 5.44. The van der Waals surface area contributed by atoms with Gasteiger partial charge in [-0.3, -0.25) is 4.90 Å². The van der Waals surface area contributed by atoms with E-state index in [1.54, 1.807) is 0 Å². The Balaban J connectivity index is 1.61. The number of para-hydroxylation sites is 1. The van der Waals surface area contributed by atoms with E-state index in [2.05, 4.69) is 52.1 Å². The zero-order valence-corrected chi connectivity index (χ0v) is 13.1. The van der Waals surface area contributed by atoms with Crippen LogP contribution in [0.1, 0.15) is 6.42 Å². The molecule has 1 aromatic carbocycles. The fourth-order valence-electron chi connectivity index (χ4n) is 3.37. The third kappa shape index (κ3) is 3.96. The molecule has 21 heavy (non-hydrogen) atoms. The Labute approximate surface area is 128 Å². The number of nitrogens with zero attached hydrogens (tertiary/aromatic N) is 3. The summed E-state index contributed by atoms with van der Waals surface area (Å²) >= 11 is 0. The molecule has 2 aliphatic heterocycles. The zero-order chi connectivity index (χ0) is 14.5. The predicted octanol–water partition coefficient (Wildman–Crippen LogP) is 1.53. The summed E-state index contributed by atoms with van der Waals surface area (Å²) in [5.41, 5.74) is 1.37. The zero-order valence-electron chi connectivity index (χ0n) is 13.1. The van der Waals surface area contributed by atoms with Crippen molar-refractivity contribution in [2.75, 3.05) is 64.4 Å². The molecule has 4 heteroatoms. The number of morpholine rings is 1. The minimum atomic E-state index is 0.619. The molecule has 0 saturated carbocycles. The van der Waals surface area contributed by atoms with Gasteiger partial charge in [0.2, 0.25) is 0 Å². The maximum Gasteiger partial charge on any atom is 0.0594 e. The molecule has 2 saturated heterocycles. The lowest BCUT2D eigenvalue weighted by Crippen LogP contribution is -2.53. The van der Waals surface area contributed by atoms with E-state index in [0.29, 0.717) is 6.04 Å². The highest BCUT2D eigenvalue weighted by Gasteiger charge is 2.26. The molecule has 1 unspecified atom stereocenters. The number of benzene rings is 1. The molecule has 0 aliphatic carbocycles. The third-order valence-corrected chi connectivity index (χ3v) is 4.66. The Morgan fingerprint density at radius 3 is 2.57 bits per heavy atom. The Morgan fingerprint density at radius 2 is 1.81 bits per heavy atom. The fraction of sp³-hybridized carbons (Fsp3) is 0.647. The number of ether oxygens (including phenoxy) is 1. The first-order valence-corrected chi connectivity index (χ1v) is 8.13. The number of likely N-dealkylation sites (N-methyl/N-ethyl adjacent to an activating group) is 1. The second-order valence-electron chi connectivity index (χ2n) is 6.19. The standard InChI is InChI=1S/C17H27N3O/c1-18-9-10-20(16-5-3-2-4-6-16)17(15-18)7-8-19-11-13-21-14-12-19/h2-6,17H,7-15H2,1H3. The Kier molecular flexibility index (Phi) is 5.12. The molecule has 0 spiro atoms. The van der Waals surface area contributed by atoms with Crippen LogP contribution < -0.4 is 4.90 Å². The molecule has 3 rings (SSSR count). The maximum atomic E-state index is 5.44. The monoisotopic (exact) mass is 289 g/mol. The summed E-state index contributed by atoms with van der Waals surface area (Å²) in [5, 5.41) is 0. The van der Waals surface area contributed by atoms with Gasteiger partial charge < -0.3 is 14.5 Å². The highest BCUT2D eigenvalue weighted by atomic mass is 16.5. The average Bonchev–Trinajstić information content (AvgIpc) is 2.55. The van der Waals surface area contributed by atoms with Gasteiger partial charge in [-0.25, -0.2) is 0 Å². The minimum Gasteiger partial charge on any atom is -0.379 e. The molecule has 2 heterocycles. The molecule has 2 fully saturated rings. The molecule has 0 bridgehead atoms. The number of rotatable bonds is 4. The maximum absolute atomic E-state index is 5.44. The largest absolute Gasteiger partial charge is 0.379 e. The second kappa shape index (κ2) is 7.25. The smallest absolute Gasteiger partial charge is 0.0594 e. The van der Waals surface area contributed by atoms with Crippen molar-refractivity contribution >= 4 is 5.69 Å². The predicted molar refractivity (Wildman–Crippen MR) is 86.9 cm³/mol. The van der Waals surface area contributed by atoms with Crippen LogP contribution in [0.15, 0.2) is 30.3 Å². The highest BCUT2D eigenvalue weighted by molar-refractivity contribution is 5.47. The summed E-state index contributed by atoms with van der Waals surface area (Å²) in [7, 11) is 2.24. The van der Waals surface area contributed by atoms with Crippen LogP contribution in [0.2, 0.25) is 0 Å². The Morgan fingerprint density at radius 1 is 1.05 bits per heavy atom. The molecule has 0 radical (unpaired) electrons.